The lowest BCUT2D eigenvalue weighted by Crippen LogP contribution is -2.28. The van der Waals surface area contributed by atoms with Crippen LogP contribution < -0.4 is 5.32 Å². The van der Waals surface area contributed by atoms with E-state index in [1.165, 1.54) is 34.4 Å². The molecule has 4 rings (SSSR count). The van der Waals surface area contributed by atoms with Crippen LogP contribution in [0.5, 0.6) is 0 Å². The van der Waals surface area contributed by atoms with Gasteiger partial charge in [0.15, 0.2) is 0 Å². The Labute approximate surface area is 155 Å². The van der Waals surface area contributed by atoms with Gasteiger partial charge in [0.25, 0.3) is 0 Å². The van der Waals surface area contributed by atoms with E-state index < -0.39 is 0 Å². The molecule has 4 heteroatoms. The summed E-state index contributed by atoms with van der Waals surface area (Å²) in [5.41, 5.74) is 8.59. The first-order valence-electron chi connectivity index (χ1n) is 9.61. The Morgan fingerprint density at radius 3 is 2.73 bits per heavy atom. The second kappa shape index (κ2) is 7.22. The molecular formula is C22H28N4. The fourth-order valence-corrected chi connectivity index (χ4v) is 3.80. The lowest BCUT2D eigenvalue weighted by Gasteiger charge is -2.20. The van der Waals surface area contributed by atoms with Crippen molar-refractivity contribution in [3.63, 3.8) is 0 Å². The first kappa shape index (κ1) is 17.3. The monoisotopic (exact) mass is 348 g/mol. The number of hydrogen-bond donors (Lipinski definition) is 1. The lowest BCUT2D eigenvalue weighted by molar-refractivity contribution is 0.281. The van der Waals surface area contributed by atoms with E-state index in [0.717, 1.165) is 44.1 Å². The standard InChI is InChI=1S/C22H28N4/c1-16-7-8-19(14-18(16)3)21-20(15-25-11-5-9-23-10-13-25)26-12-4-6-17(2)22(26)24-21/h4,6-8,12,14,23H,5,9-11,13,15H2,1-3H3. The number of pyridine rings is 1. The topological polar surface area (TPSA) is 32.6 Å². The van der Waals surface area contributed by atoms with Crippen LogP contribution in [-0.2, 0) is 6.54 Å². The molecule has 1 aliphatic rings. The summed E-state index contributed by atoms with van der Waals surface area (Å²) in [6.07, 6.45) is 3.36. The van der Waals surface area contributed by atoms with Crippen molar-refractivity contribution < 1.29 is 0 Å². The Morgan fingerprint density at radius 2 is 1.88 bits per heavy atom. The average Bonchev–Trinajstić information content (AvgIpc) is 2.81. The molecule has 0 unspecified atom stereocenters. The molecule has 1 aliphatic heterocycles. The SMILES string of the molecule is Cc1ccc(-c2nc3c(C)cccn3c2CN2CCCNCC2)cc1C. The summed E-state index contributed by atoms with van der Waals surface area (Å²) in [4.78, 5) is 7.61. The summed E-state index contributed by atoms with van der Waals surface area (Å²) in [6.45, 7) is 11.8. The first-order chi connectivity index (χ1) is 12.6. The largest absolute Gasteiger partial charge is 0.315 e. The molecule has 3 aromatic rings. The van der Waals surface area contributed by atoms with E-state index in [-0.39, 0.29) is 0 Å². The molecule has 0 spiro atoms. The third kappa shape index (κ3) is 3.27. The zero-order chi connectivity index (χ0) is 18.1. The van der Waals surface area contributed by atoms with E-state index in [0.29, 0.717) is 0 Å². The first-order valence-corrected chi connectivity index (χ1v) is 9.61. The van der Waals surface area contributed by atoms with Gasteiger partial charge in [-0.2, -0.15) is 0 Å². The third-order valence-corrected chi connectivity index (χ3v) is 5.53. The number of fused-ring (bicyclic) bond motifs is 1. The maximum Gasteiger partial charge on any atom is 0.140 e. The molecular weight excluding hydrogens is 320 g/mol. The second-order valence-electron chi connectivity index (χ2n) is 7.47. The third-order valence-electron chi connectivity index (χ3n) is 5.53. The van der Waals surface area contributed by atoms with Gasteiger partial charge in [-0.1, -0.05) is 18.2 Å². The normalized spacial score (nSPS) is 16.1. The summed E-state index contributed by atoms with van der Waals surface area (Å²) in [5, 5.41) is 3.50. The number of benzene rings is 1. The van der Waals surface area contributed by atoms with Crippen molar-refractivity contribution in [3.05, 3.63) is 58.9 Å². The average molecular weight is 348 g/mol. The molecule has 1 fully saturated rings. The van der Waals surface area contributed by atoms with Gasteiger partial charge < -0.3 is 9.72 Å². The molecule has 26 heavy (non-hydrogen) atoms. The van der Waals surface area contributed by atoms with Crippen molar-refractivity contribution in [2.45, 2.75) is 33.7 Å². The zero-order valence-corrected chi connectivity index (χ0v) is 16.0. The van der Waals surface area contributed by atoms with Crippen LogP contribution in [0.4, 0.5) is 0 Å². The summed E-state index contributed by atoms with van der Waals surface area (Å²) in [7, 11) is 0. The highest BCUT2D eigenvalue weighted by Crippen LogP contribution is 2.28. The van der Waals surface area contributed by atoms with E-state index >= 15 is 0 Å². The Balaban J connectivity index is 1.82. The number of nitrogens with one attached hydrogen (secondary N) is 1. The van der Waals surface area contributed by atoms with Gasteiger partial charge in [0.1, 0.15) is 5.65 Å². The van der Waals surface area contributed by atoms with Crippen molar-refractivity contribution in [1.29, 1.82) is 0 Å². The summed E-state index contributed by atoms with van der Waals surface area (Å²) >= 11 is 0. The van der Waals surface area contributed by atoms with Crippen molar-refractivity contribution in [2.24, 2.45) is 0 Å². The van der Waals surface area contributed by atoms with Gasteiger partial charge in [0, 0.05) is 31.4 Å². The lowest BCUT2D eigenvalue weighted by atomic mass is 10.0. The van der Waals surface area contributed by atoms with Crippen molar-refractivity contribution >= 4 is 5.65 Å². The highest BCUT2D eigenvalue weighted by Gasteiger charge is 2.19. The molecule has 0 aliphatic carbocycles. The van der Waals surface area contributed by atoms with Gasteiger partial charge in [-0.15, -0.1) is 0 Å². The van der Waals surface area contributed by atoms with Gasteiger partial charge in [-0.05, 0) is 69.1 Å². The van der Waals surface area contributed by atoms with Gasteiger partial charge in [0.2, 0.25) is 0 Å². The fraction of sp³-hybridized carbons (Fsp3) is 0.409. The zero-order valence-electron chi connectivity index (χ0n) is 16.0. The van der Waals surface area contributed by atoms with Crippen LogP contribution in [0.25, 0.3) is 16.9 Å². The van der Waals surface area contributed by atoms with E-state index in [1.807, 2.05) is 0 Å². The number of hydrogen-bond acceptors (Lipinski definition) is 3. The van der Waals surface area contributed by atoms with Crippen LogP contribution in [0.1, 0.15) is 28.8 Å². The second-order valence-corrected chi connectivity index (χ2v) is 7.47. The maximum atomic E-state index is 5.06. The van der Waals surface area contributed by atoms with Crippen molar-refractivity contribution in [2.75, 3.05) is 26.2 Å². The Morgan fingerprint density at radius 1 is 1.00 bits per heavy atom. The number of imidazole rings is 1. The highest BCUT2D eigenvalue weighted by molar-refractivity contribution is 5.69. The number of nitrogens with zero attached hydrogens (tertiary/aromatic N) is 3. The highest BCUT2D eigenvalue weighted by atomic mass is 15.2. The van der Waals surface area contributed by atoms with E-state index in [4.69, 9.17) is 4.98 Å². The van der Waals surface area contributed by atoms with Crippen LogP contribution in [0.3, 0.4) is 0 Å². The summed E-state index contributed by atoms with van der Waals surface area (Å²) in [5.74, 6) is 0. The van der Waals surface area contributed by atoms with Crippen LogP contribution in [0.15, 0.2) is 36.5 Å². The number of aryl methyl sites for hydroxylation is 3. The van der Waals surface area contributed by atoms with E-state index in [9.17, 15) is 0 Å². The molecule has 1 N–H and O–H groups in total. The fourth-order valence-electron chi connectivity index (χ4n) is 3.80. The van der Waals surface area contributed by atoms with E-state index in [1.54, 1.807) is 0 Å². The number of rotatable bonds is 3. The minimum Gasteiger partial charge on any atom is -0.315 e. The Bertz CT molecular complexity index is 917. The molecule has 0 radical (unpaired) electrons. The van der Waals surface area contributed by atoms with Gasteiger partial charge >= 0.3 is 0 Å². The molecule has 1 saturated heterocycles. The van der Waals surface area contributed by atoms with Gasteiger partial charge in [-0.3, -0.25) is 4.90 Å². The van der Waals surface area contributed by atoms with Crippen molar-refractivity contribution in [1.82, 2.24) is 19.6 Å². The van der Waals surface area contributed by atoms with Crippen LogP contribution in [0, 0.1) is 20.8 Å². The maximum absolute atomic E-state index is 5.06. The van der Waals surface area contributed by atoms with Gasteiger partial charge in [-0.25, -0.2) is 4.98 Å². The minimum absolute atomic E-state index is 0.939. The van der Waals surface area contributed by atoms with Crippen LogP contribution in [-0.4, -0.2) is 40.5 Å². The van der Waals surface area contributed by atoms with Crippen molar-refractivity contribution in [3.8, 4) is 11.3 Å². The molecule has 2 aromatic heterocycles. The minimum atomic E-state index is 0.939. The smallest absolute Gasteiger partial charge is 0.140 e. The molecule has 0 bridgehead atoms. The van der Waals surface area contributed by atoms with E-state index in [2.05, 4.69) is 71.9 Å². The van der Waals surface area contributed by atoms with Crippen LogP contribution in [0.2, 0.25) is 0 Å². The molecule has 1 aromatic carbocycles. The summed E-state index contributed by atoms with van der Waals surface area (Å²) < 4.78 is 2.29. The van der Waals surface area contributed by atoms with Gasteiger partial charge in [0.05, 0.1) is 11.4 Å². The molecule has 3 heterocycles. The predicted molar refractivity (Wildman–Crippen MR) is 108 cm³/mol. The Hall–Kier alpha value is -2.17. The molecule has 0 amide bonds. The van der Waals surface area contributed by atoms with Crippen LogP contribution >= 0.6 is 0 Å². The Kier molecular flexibility index (Phi) is 4.79. The molecule has 0 saturated carbocycles. The predicted octanol–water partition coefficient (Wildman–Crippen LogP) is 3.72. The summed E-state index contributed by atoms with van der Waals surface area (Å²) in [6, 6.07) is 11.0. The molecule has 4 nitrogen and oxygen atoms in total. The number of aromatic nitrogens is 2. The quantitative estimate of drug-likeness (QED) is 0.783. The molecule has 136 valence electrons. The molecule has 0 atom stereocenters.